The molecule has 1 aliphatic rings. The van der Waals surface area contributed by atoms with Gasteiger partial charge in [0, 0.05) is 43.4 Å². The number of hydrogen-bond acceptors (Lipinski definition) is 6. The van der Waals surface area contributed by atoms with Gasteiger partial charge in [-0.25, -0.2) is 4.98 Å². The number of carbonyl (C=O) groups excluding carboxylic acids is 1. The van der Waals surface area contributed by atoms with E-state index in [2.05, 4.69) is 32.2 Å². The van der Waals surface area contributed by atoms with E-state index in [-0.39, 0.29) is 11.9 Å². The van der Waals surface area contributed by atoms with E-state index in [1.54, 1.807) is 24.6 Å². The zero-order valence-electron chi connectivity index (χ0n) is 17.0. The smallest absolute Gasteiger partial charge is 0.235 e. The molecule has 156 valence electrons. The summed E-state index contributed by atoms with van der Waals surface area (Å²) in [5.41, 5.74) is 2.23. The summed E-state index contributed by atoms with van der Waals surface area (Å²) < 4.78 is 5.23. The van der Waals surface area contributed by atoms with Crippen molar-refractivity contribution >= 4 is 22.9 Å². The van der Waals surface area contributed by atoms with Crippen LogP contribution in [0.4, 0.5) is 5.69 Å². The Bertz CT molecular complexity index is 924. The molecule has 2 heterocycles. The third-order valence-corrected chi connectivity index (χ3v) is 6.15. The number of methoxy groups -OCH3 is 1. The van der Waals surface area contributed by atoms with Gasteiger partial charge in [-0.1, -0.05) is 30.3 Å². The predicted octanol–water partition coefficient (Wildman–Crippen LogP) is 3.18. The molecule has 1 fully saturated rings. The molecule has 3 aromatic rings. The van der Waals surface area contributed by atoms with Crippen LogP contribution in [-0.4, -0.2) is 55.6 Å². The summed E-state index contributed by atoms with van der Waals surface area (Å²) in [6, 6.07) is 17.9. The predicted molar refractivity (Wildman–Crippen MR) is 120 cm³/mol. The Labute approximate surface area is 181 Å². The van der Waals surface area contributed by atoms with Crippen molar-refractivity contribution in [2.24, 2.45) is 0 Å². The molecule has 1 aromatic heterocycles. The first-order chi connectivity index (χ1) is 14.7. The highest BCUT2D eigenvalue weighted by Gasteiger charge is 2.23. The van der Waals surface area contributed by atoms with Crippen molar-refractivity contribution in [1.29, 1.82) is 0 Å². The number of amides is 1. The fourth-order valence-corrected chi connectivity index (χ4v) is 4.39. The molecule has 0 radical (unpaired) electrons. The number of carbonyl (C=O) groups is 1. The molecule has 0 saturated carbocycles. The molecule has 1 saturated heterocycles. The van der Waals surface area contributed by atoms with Crippen molar-refractivity contribution in [3.05, 3.63) is 76.7 Å². The van der Waals surface area contributed by atoms with Crippen LogP contribution in [0.25, 0.3) is 0 Å². The molecular weight excluding hydrogens is 396 g/mol. The molecule has 2 aromatic carbocycles. The lowest BCUT2D eigenvalue weighted by molar-refractivity contribution is -0.122. The Hall–Kier alpha value is -2.90. The average molecular weight is 423 g/mol. The summed E-state index contributed by atoms with van der Waals surface area (Å²) in [5.74, 6) is 0.888. The van der Waals surface area contributed by atoms with Gasteiger partial charge in [0.2, 0.25) is 5.91 Å². The number of aromatic nitrogens is 1. The van der Waals surface area contributed by atoms with Gasteiger partial charge in [0.25, 0.3) is 0 Å². The van der Waals surface area contributed by atoms with Crippen molar-refractivity contribution in [1.82, 2.24) is 15.2 Å². The van der Waals surface area contributed by atoms with E-state index in [1.165, 1.54) is 5.69 Å². The standard InChI is InChI=1S/C23H26N4O2S/c1-29-20-9-7-19(8-10-20)27-14-12-26(13-15-27)17-21(28)25-22(23-24-11-16-30-23)18-5-3-2-4-6-18/h2-11,16,22H,12-15,17H2,1H3,(H,25,28). The van der Waals surface area contributed by atoms with Gasteiger partial charge >= 0.3 is 0 Å². The summed E-state index contributed by atoms with van der Waals surface area (Å²) >= 11 is 1.56. The largest absolute Gasteiger partial charge is 0.497 e. The SMILES string of the molecule is COc1ccc(N2CCN(CC(=O)NC(c3ccccc3)c3nccs3)CC2)cc1. The second-order valence-corrected chi connectivity index (χ2v) is 8.17. The lowest BCUT2D eigenvalue weighted by Gasteiger charge is -2.36. The minimum Gasteiger partial charge on any atom is -0.497 e. The highest BCUT2D eigenvalue weighted by molar-refractivity contribution is 7.09. The third kappa shape index (κ3) is 4.98. The molecule has 0 spiro atoms. The van der Waals surface area contributed by atoms with Crippen LogP contribution in [0, 0.1) is 0 Å². The number of hydrogen-bond donors (Lipinski definition) is 1. The van der Waals surface area contributed by atoms with Crippen LogP contribution in [0.15, 0.2) is 66.2 Å². The third-order valence-electron chi connectivity index (χ3n) is 5.31. The molecule has 4 rings (SSSR count). The maximum absolute atomic E-state index is 12.8. The quantitative estimate of drug-likeness (QED) is 0.634. The molecule has 1 N–H and O–H groups in total. The van der Waals surface area contributed by atoms with Crippen molar-refractivity contribution in [3.63, 3.8) is 0 Å². The number of thiazole rings is 1. The van der Waals surface area contributed by atoms with E-state index in [9.17, 15) is 4.79 Å². The van der Waals surface area contributed by atoms with Crippen LogP contribution in [0.2, 0.25) is 0 Å². The number of benzene rings is 2. The molecule has 1 atom stereocenters. The van der Waals surface area contributed by atoms with Crippen LogP contribution in [-0.2, 0) is 4.79 Å². The van der Waals surface area contributed by atoms with E-state index < -0.39 is 0 Å². The van der Waals surface area contributed by atoms with Gasteiger partial charge in [0.1, 0.15) is 16.8 Å². The molecular formula is C23H26N4O2S. The molecule has 7 heteroatoms. The Morgan fingerprint density at radius 3 is 2.47 bits per heavy atom. The fraction of sp³-hybridized carbons (Fsp3) is 0.304. The minimum atomic E-state index is -0.209. The Morgan fingerprint density at radius 1 is 1.10 bits per heavy atom. The van der Waals surface area contributed by atoms with Gasteiger partial charge in [-0.15, -0.1) is 11.3 Å². The zero-order valence-corrected chi connectivity index (χ0v) is 17.8. The molecule has 1 amide bonds. The van der Waals surface area contributed by atoms with Gasteiger partial charge in [0.15, 0.2) is 0 Å². The maximum Gasteiger partial charge on any atom is 0.235 e. The average Bonchev–Trinajstić information content (AvgIpc) is 3.33. The monoisotopic (exact) mass is 422 g/mol. The first-order valence-corrected chi connectivity index (χ1v) is 11.0. The Balaban J connectivity index is 1.32. The van der Waals surface area contributed by atoms with Crippen molar-refractivity contribution in [2.45, 2.75) is 6.04 Å². The zero-order chi connectivity index (χ0) is 20.8. The highest BCUT2D eigenvalue weighted by Crippen LogP contribution is 2.24. The second kappa shape index (κ2) is 9.73. The number of anilines is 1. The van der Waals surface area contributed by atoms with Crippen LogP contribution in [0.3, 0.4) is 0 Å². The van der Waals surface area contributed by atoms with Crippen LogP contribution < -0.4 is 15.0 Å². The lowest BCUT2D eigenvalue weighted by atomic mass is 10.1. The van der Waals surface area contributed by atoms with E-state index in [1.807, 2.05) is 47.8 Å². The van der Waals surface area contributed by atoms with Crippen molar-refractivity contribution in [3.8, 4) is 5.75 Å². The van der Waals surface area contributed by atoms with Gasteiger partial charge in [-0.3, -0.25) is 9.69 Å². The number of rotatable bonds is 7. The number of piperazine rings is 1. The van der Waals surface area contributed by atoms with Gasteiger partial charge < -0.3 is 15.0 Å². The Morgan fingerprint density at radius 2 is 1.83 bits per heavy atom. The Kier molecular flexibility index (Phi) is 6.61. The topological polar surface area (TPSA) is 57.7 Å². The van der Waals surface area contributed by atoms with Crippen molar-refractivity contribution < 1.29 is 9.53 Å². The van der Waals surface area contributed by atoms with Gasteiger partial charge in [0.05, 0.1) is 13.7 Å². The van der Waals surface area contributed by atoms with E-state index in [0.717, 1.165) is 42.5 Å². The van der Waals surface area contributed by atoms with Crippen LogP contribution in [0.5, 0.6) is 5.75 Å². The number of nitrogens with zero attached hydrogens (tertiary/aromatic N) is 3. The molecule has 1 aliphatic heterocycles. The molecule has 30 heavy (non-hydrogen) atoms. The fourth-order valence-electron chi connectivity index (χ4n) is 3.68. The molecule has 0 bridgehead atoms. The van der Waals surface area contributed by atoms with E-state index in [0.29, 0.717) is 6.54 Å². The lowest BCUT2D eigenvalue weighted by Crippen LogP contribution is -2.49. The maximum atomic E-state index is 12.8. The van der Waals surface area contributed by atoms with Crippen LogP contribution in [0.1, 0.15) is 16.6 Å². The summed E-state index contributed by atoms with van der Waals surface area (Å²) in [4.78, 5) is 21.8. The molecule has 6 nitrogen and oxygen atoms in total. The van der Waals surface area contributed by atoms with E-state index >= 15 is 0 Å². The van der Waals surface area contributed by atoms with Gasteiger partial charge in [-0.05, 0) is 29.8 Å². The van der Waals surface area contributed by atoms with Gasteiger partial charge in [-0.2, -0.15) is 0 Å². The number of ether oxygens (including phenoxy) is 1. The first kappa shape index (κ1) is 20.4. The normalized spacial score (nSPS) is 15.6. The summed E-state index contributed by atoms with van der Waals surface area (Å²) in [6.45, 7) is 3.90. The molecule has 1 unspecified atom stereocenters. The van der Waals surface area contributed by atoms with Crippen molar-refractivity contribution in [2.75, 3.05) is 44.7 Å². The summed E-state index contributed by atoms with van der Waals surface area (Å²) in [7, 11) is 1.68. The highest BCUT2D eigenvalue weighted by atomic mass is 32.1. The summed E-state index contributed by atoms with van der Waals surface area (Å²) in [6.07, 6.45) is 1.78. The first-order valence-electron chi connectivity index (χ1n) is 10.1. The molecule has 0 aliphatic carbocycles. The van der Waals surface area contributed by atoms with Crippen LogP contribution >= 0.6 is 11.3 Å². The summed E-state index contributed by atoms with van der Waals surface area (Å²) in [5, 5.41) is 6.02. The second-order valence-electron chi connectivity index (χ2n) is 7.24. The number of nitrogens with one attached hydrogen (secondary N) is 1. The van der Waals surface area contributed by atoms with E-state index in [4.69, 9.17) is 4.74 Å². The minimum absolute atomic E-state index is 0.0250.